The maximum atomic E-state index is 5.75. The van der Waals surface area contributed by atoms with Crippen LogP contribution < -0.4 is 11.1 Å². The minimum atomic E-state index is 0.438. The molecule has 0 heterocycles. The van der Waals surface area contributed by atoms with E-state index < -0.39 is 0 Å². The average molecular weight is 299 g/mol. The van der Waals surface area contributed by atoms with Gasteiger partial charge in [0.05, 0.1) is 0 Å². The van der Waals surface area contributed by atoms with Crippen molar-refractivity contribution in [3.63, 3.8) is 0 Å². The van der Waals surface area contributed by atoms with Crippen molar-refractivity contribution < 1.29 is 0 Å². The highest BCUT2D eigenvalue weighted by atomic mass is 79.9. The van der Waals surface area contributed by atoms with Crippen molar-refractivity contribution in [2.75, 3.05) is 5.32 Å². The topological polar surface area (TPSA) is 38.0 Å². The fourth-order valence-corrected chi connectivity index (χ4v) is 3.12. The lowest BCUT2D eigenvalue weighted by Crippen LogP contribution is -2.19. The second kappa shape index (κ2) is 5.15. The first kappa shape index (κ1) is 11.9. The Kier molecular flexibility index (Phi) is 3.82. The maximum absolute atomic E-state index is 5.75. The first-order valence-electron chi connectivity index (χ1n) is 5.53. The Labute approximate surface area is 110 Å². The molecule has 1 saturated carbocycles. The van der Waals surface area contributed by atoms with E-state index in [0.717, 1.165) is 15.7 Å². The largest absolute Gasteiger partial charge is 0.389 e. The Morgan fingerprint density at radius 3 is 2.69 bits per heavy atom. The summed E-state index contributed by atoms with van der Waals surface area (Å²) in [5.74, 6) is 0. The lowest BCUT2D eigenvalue weighted by Gasteiger charge is -2.17. The summed E-state index contributed by atoms with van der Waals surface area (Å²) < 4.78 is 0.961. The first-order chi connectivity index (χ1) is 7.68. The Balaban J connectivity index is 2.25. The minimum Gasteiger partial charge on any atom is -0.389 e. The van der Waals surface area contributed by atoms with Crippen LogP contribution in [0.5, 0.6) is 0 Å². The second-order valence-electron chi connectivity index (χ2n) is 4.15. The second-order valence-corrected chi connectivity index (χ2v) is 5.45. The van der Waals surface area contributed by atoms with Crippen molar-refractivity contribution in [1.29, 1.82) is 0 Å². The Morgan fingerprint density at radius 2 is 2.06 bits per heavy atom. The van der Waals surface area contributed by atoms with Crippen LogP contribution in [0.4, 0.5) is 5.69 Å². The third kappa shape index (κ3) is 2.55. The van der Waals surface area contributed by atoms with Crippen LogP contribution in [0.15, 0.2) is 22.7 Å². The number of hydrogen-bond acceptors (Lipinski definition) is 2. The summed E-state index contributed by atoms with van der Waals surface area (Å²) in [7, 11) is 0. The van der Waals surface area contributed by atoms with Crippen molar-refractivity contribution in [2.24, 2.45) is 5.73 Å². The summed E-state index contributed by atoms with van der Waals surface area (Å²) in [6.45, 7) is 0. The van der Waals surface area contributed by atoms with Crippen LogP contribution in [-0.2, 0) is 0 Å². The number of nitrogens with two attached hydrogens (primary N) is 1. The lowest BCUT2D eigenvalue weighted by molar-refractivity contribution is 0.755. The molecule has 1 aliphatic carbocycles. The van der Waals surface area contributed by atoms with Gasteiger partial charge in [-0.1, -0.05) is 31.1 Å². The molecule has 0 radical (unpaired) electrons. The van der Waals surface area contributed by atoms with Gasteiger partial charge in [-0.2, -0.15) is 0 Å². The quantitative estimate of drug-likeness (QED) is 0.840. The summed E-state index contributed by atoms with van der Waals surface area (Å²) in [5, 5.41) is 3.53. The number of hydrogen-bond donors (Lipinski definition) is 2. The van der Waals surface area contributed by atoms with Crippen LogP contribution in [0, 0.1) is 0 Å². The third-order valence-corrected chi connectivity index (χ3v) is 3.84. The zero-order chi connectivity index (χ0) is 11.5. The molecular formula is C12H15BrN2S. The molecule has 0 aromatic heterocycles. The van der Waals surface area contributed by atoms with E-state index >= 15 is 0 Å². The predicted molar refractivity (Wildman–Crippen MR) is 75.9 cm³/mol. The van der Waals surface area contributed by atoms with Crippen molar-refractivity contribution in [2.45, 2.75) is 31.7 Å². The smallest absolute Gasteiger partial charge is 0.107 e. The highest BCUT2D eigenvalue weighted by Gasteiger charge is 2.17. The summed E-state index contributed by atoms with van der Waals surface area (Å²) in [6.07, 6.45) is 5.11. The van der Waals surface area contributed by atoms with Crippen molar-refractivity contribution >= 4 is 38.8 Å². The molecule has 1 aromatic carbocycles. The number of thiocarbonyl (C=S) groups is 1. The molecule has 16 heavy (non-hydrogen) atoms. The van der Waals surface area contributed by atoms with Gasteiger partial charge in [0.25, 0.3) is 0 Å². The average Bonchev–Trinajstić information content (AvgIpc) is 2.70. The predicted octanol–water partition coefficient (Wildman–Crippen LogP) is 3.44. The molecule has 0 bridgehead atoms. The van der Waals surface area contributed by atoms with Crippen LogP contribution in [0.2, 0.25) is 0 Å². The molecule has 2 rings (SSSR count). The number of anilines is 1. The number of nitrogens with one attached hydrogen (secondary N) is 1. The molecule has 86 valence electrons. The Bertz CT molecular complexity index is 400. The molecule has 0 saturated heterocycles. The van der Waals surface area contributed by atoms with Gasteiger partial charge in [0, 0.05) is 21.8 Å². The molecule has 1 aliphatic rings. The highest BCUT2D eigenvalue weighted by molar-refractivity contribution is 9.10. The van der Waals surface area contributed by atoms with Crippen LogP contribution in [0.3, 0.4) is 0 Å². The van der Waals surface area contributed by atoms with Crippen molar-refractivity contribution in [1.82, 2.24) is 0 Å². The van der Waals surface area contributed by atoms with Gasteiger partial charge in [-0.3, -0.25) is 0 Å². The molecule has 0 amide bonds. The van der Waals surface area contributed by atoms with E-state index in [-0.39, 0.29) is 0 Å². The van der Waals surface area contributed by atoms with Crippen LogP contribution in [-0.4, -0.2) is 11.0 Å². The standard InChI is InChI=1S/C12H15BrN2S/c13-9-6-3-7-10(11(9)12(14)16)15-8-4-1-2-5-8/h3,6-8,15H,1-2,4-5H2,(H2,14,16). The zero-order valence-electron chi connectivity index (χ0n) is 9.00. The van der Waals surface area contributed by atoms with E-state index in [1.807, 2.05) is 18.2 Å². The molecule has 2 nitrogen and oxygen atoms in total. The van der Waals surface area contributed by atoms with Gasteiger partial charge in [-0.05, 0) is 40.9 Å². The van der Waals surface area contributed by atoms with Gasteiger partial charge >= 0.3 is 0 Å². The summed E-state index contributed by atoms with van der Waals surface area (Å²) >= 11 is 8.58. The van der Waals surface area contributed by atoms with Gasteiger partial charge in [-0.25, -0.2) is 0 Å². The van der Waals surface area contributed by atoms with Gasteiger partial charge in [0.2, 0.25) is 0 Å². The SMILES string of the molecule is NC(=S)c1c(Br)cccc1NC1CCCC1. The normalized spacial score (nSPS) is 16.3. The molecule has 4 heteroatoms. The minimum absolute atomic E-state index is 0.438. The number of benzene rings is 1. The van der Waals surface area contributed by atoms with Crippen molar-refractivity contribution in [3.05, 3.63) is 28.2 Å². The molecular weight excluding hydrogens is 284 g/mol. The Morgan fingerprint density at radius 1 is 1.38 bits per heavy atom. The Hall–Kier alpha value is -0.610. The summed E-state index contributed by atoms with van der Waals surface area (Å²) in [6, 6.07) is 6.58. The molecule has 1 aromatic rings. The molecule has 0 atom stereocenters. The van der Waals surface area contributed by atoms with Gasteiger partial charge < -0.3 is 11.1 Å². The van der Waals surface area contributed by atoms with E-state index in [1.54, 1.807) is 0 Å². The van der Waals surface area contributed by atoms with Crippen LogP contribution >= 0.6 is 28.1 Å². The molecule has 0 aliphatic heterocycles. The molecule has 0 spiro atoms. The third-order valence-electron chi connectivity index (χ3n) is 2.97. The van der Waals surface area contributed by atoms with Crippen LogP contribution in [0.25, 0.3) is 0 Å². The monoisotopic (exact) mass is 298 g/mol. The van der Waals surface area contributed by atoms with E-state index in [0.29, 0.717) is 11.0 Å². The fraction of sp³-hybridized carbons (Fsp3) is 0.417. The van der Waals surface area contributed by atoms with Crippen molar-refractivity contribution in [3.8, 4) is 0 Å². The molecule has 3 N–H and O–H groups in total. The zero-order valence-corrected chi connectivity index (χ0v) is 11.4. The summed E-state index contributed by atoms with van der Waals surface area (Å²) in [5.41, 5.74) is 7.72. The number of rotatable bonds is 3. The van der Waals surface area contributed by atoms with E-state index in [9.17, 15) is 0 Å². The van der Waals surface area contributed by atoms with Gasteiger partial charge in [0.15, 0.2) is 0 Å². The van der Waals surface area contributed by atoms with E-state index in [4.69, 9.17) is 18.0 Å². The lowest BCUT2D eigenvalue weighted by atomic mass is 10.1. The number of halogens is 1. The van der Waals surface area contributed by atoms with E-state index in [1.165, 1.54) is 25.7 Å². The van der Waals surface area contributed by atoms with Gasteiger partial charge in [0.1, 0.15) is 4.99 Å². The molecule has 0 unspecified atom stereocenters. The van der Waals surface area contributed by atoms with Gasteiger partial charge in [-0.15, -0.1) is 0 Å². The fourth-order valence-electron chi connectivity index (χ4n) is 2.18. The highest BCUT2D eigenvalue weighted by Crippen LogP contribution is 2.28. The van der Waals surface area contributed by atoms with E-state index in [2.05, 4.69) is 21.2 Å². The van der Waals surface area contributed by atoms with Crippen LogP contribution in [0.1, 0.15) is 31.2 Å². The maximum Gasteiger partial charge on any atom is 0.107 e. The molecule has 1 fully saturated rings. The first-order valence-corrected chi connectivity index (χ1v) is 6.73. The summed E-state index contributed by atoms with van der Waals surface area (Å²) in [4.78, 5) is 0.438.